The van der Waals surface area contributed by atoms with Crippen LogP contribution in [0, 0.1) is 11.3 Å². The number of hydrogen-bond donors (Lipinski definition) is 3. The molecule has 0 aromatic heterocycles. The topological polar surface area (TPSA) is 80.5 Å². The summed E-state index contributed by atoms with van der Waals surface area (Å²) in [5.41, 5.74) is 5.56. The second kappa shape index (κ2) is 10.6. The molecule has 0 bridgehead atoms. The highest BCUT2D eigenvalue weighted by Crippen LogP contribution is 2.34. The number of hydroxylamine groups is 2. The molecule has 162 valence electrons. The number of hydrogen-bond acceptors (Lipinski definition) is 6. The van der Waals surface area contributed by atoms with Crippen molar-refractivity contribution < 1.29 is 9.94 Å². The number of nitriles is 1. The first-order chi connectivity index (χ1) is 14.6. The first kappa shape index (κ1) is 22.4. The molecule has 1 atom stereocenters. The van der Waals surface area contributed by atoms with Crippen molar-refractivity contribution in [3.63, 3.8) is 0 Å². The molecule has 30 heavy (non-hydrogen) atoms. The minimum Gasteiger partial charge on any atom is -0.482 e. The summed E-state index contributed by atoms with van der Waals surface area (Å²) in [6, 6.07) is 2.86. The van der Waals surface area contributed by atoms with Gasteiger partial charge in [-0.2, -0.15) is 10.3 Å². The fourth-order valence-electron chi connectivity index (χ4n) is 4.43. The van der Waals surface area contributed by atoms with Gasteiger partial charge in [0.05, 0.1) is 7.11 Å². The summed E-state index contributed by atoms with van der Waals surface area (Å²) < 4.78 is 5.29. The number of nitrogens with zero attached hydrogens (tertiary/aromatic N) is 2. The molecule has 1 unspecified atom stereocenters. The van der Waals surface area contributed by atoms with E-state index in [1.807, 2.05) is 6.08 Å². The van der Waals surface area contributed by atoms with E-state index in [0.717, 1.165) is 37.7 Å². The van der Waals surface area contributed by atoms with Crippen molar-refractivity contribution in [1.29, 1.82) is 5.26 Å². The van der Waals surface area contributed by atoms with Crippen molar-refractivity contribution in [2.45, 2.75) is 58.0 Å². The average Bonchev–Trinajstić information content (AvgIpc) is 2.78. The standard InChI is InChI=1S/C24H34N4O2/c1-4-6-7-17-12-18(20-13-19(15-25)24(30-3)26-16-20)14-23(22(17)5-2)27-21-8-10-28(29)11-9-21/h5,7,12-13,21,23,26-27,29H,4,6,8-11,14,16H2,1-3H3/b17-7-,22-5?. The van der Waals surface area contributed by atoms with Gasteiger partial charge in [0.25, 0.3) is 0 Å². The molecule has 0 aromatic rings. The maximum Gasteiger partial charge on any atom is 0.205 e. The van der Waals surface area contributed by atoms with Gasteiger partial charge < -0.3 is 20.6 Å². The Labute approximate surface area is 180 Å². The van der Waals surface area contributed by atoms with Crippen molar-refractivity contribution in [2.24, 2.45) is 0 Å². The Bertz CT molecular complexity index is 821. The zero-order valence-electron chi connectivity index (χ0n) is 18.4. The third kappa shape index (κ3) is 5.23. The van der Waals surface area contributed by atoms with Crippen molar-refractivity contribution in [3.8, 4) is 6.07 Å². The van der Waals surface area contributed by atoms with E-state index in [9.17, 15) is 10.5 Å². The van der Waals surface area contributed by atoms with E-state index in [1.54, 1.807) is 7.11 Å². The molecule has 0 spiro atoms. The van der Waals surface area contributed by atoms with Crippen LogP contribution in [0.2, 0.25) is 0 Å². The van der Waals surface area contributed by atoms with Gasteiger partial charge in [-0.1, -0.05) is 31.6 Å². The van der Waals surface area contributed by atoms with Crippen molar-refractivity contribution in [2.75, 3.05) is 26.7 Å². The zero-order chi connectivity index (χ0) is 21.5. The minimum atomic E-state index is 0.229. The normalized spacial score (nSPS) is 26.3. The molecule has 1 fully saturated rings. The van der Waals surface area contributed by atoms with Crippen LogP contribution in [0.15, 0.2) is 58.1 Å². The second-order valence-corrected chi connectivity index (χ2v) is 8.09. The van der Waals surface area contributed by atoms with Crippen LogP contribution in [0.5, 0.6) is 0 Å². The second-order valence-electron chi connectivity index (χ2n) is 8.09. The molecule has 1 aliphatic carbocycles. The Balaban J connectivity index is 1.89. The minimum absolute atomic E-state index is 0.229. The van der Waals surface area contributed by atoms with Gasteiger partial charge in [0.15, 0.2) is 0 Å². The molecule has 6 nitrogen and oxygen atoms in total. The summed E-state index contributed by atoms with van der Waals surface area (Å²) >= 11 is 0. The van der Waals surface area contributed by atoms with Crippen LogP contribution in [0.25, 0.3) is 0 Å². The average molecular weight is 411 g/mol. The Hall–Kier alpha value is -2.33. The van der Waals surface area contributed by atoms with Crippen LogP contribution < -0.4 is 10.6 Å². The molecular formula is C24H34N4O2. The number of methoxy groups -OCH3 is 1. The van der Waals surface area contributed by atoms with Crippen LogP contribution in [0.3, 0.4) is 0 Å². The highest BCUT2D eigenvalue weighted by atomic mass is 16.5. The molecule has 0 radical (unpaired) electrons. The Kier molecular flexibility index (Phi) is 7.92. The van der Waals surface area contributed by atoms with Crippen molar-refractivity contribution in [3.05, 3.63) is 58.1 Å². The molecular weight excluding hydrogens is 376 g/mol. The Morgan fingerprint density at radius 1 is 1.33 bits per heavy atom. The van der Waals surface area contributed by atoms with Gasteiger partial charge in [-0.25, -0.2) is 0 Å². The lowest BCUT2D eigenvalue weighted by Crippen LogP contribution is -2.47. The number of ether oxygens (including phenoxy) is 1. The molecule has 3 N–H and O–H groups in total. The molecule has 3 rings (SSSR count). The van der Waals surface area contributed by atoms with Crippen LogP contribution in [0.1, 0.15) is 46.0 Å². The zero-order valence-corrected chi connectivity index (χ0v) is 18.4. The molecule has 0 saturated carbocycles. The van der Waals surface area contributed by atoms with Gasteiger partial charge >= 0.3 is 0 Å². The summed E-state index contributed by atoms with van der Waals surface area (Å²) in [6.07, 6.45) is 13.7. The predicted molar refractivity (Wildman–Crippen MR) is 118 cm³/mol. The lowest BCUT2D eigenvalue weighted by atomic mass is 9.81. The largest absolute Gasteiger partial charge is 0.482 e. The summed E-state index contributed by atoms with van der Waals surface area (Å²) in [7, 11) is 1.58. The number of dihydropyridines is 1. The SMILES string of the molecule is CC=C1/C(=C\CCC)C=C(C2=CC(C#N)=C(OC)NC2)CC1NC1CCN(O)CC1. The number of rotatable bonds is 6. The van der Waals surface area contributed by atoms with E-state index in [1.165, 1.54) is 21.8 Å². The van der Waals surface area contributed by atoms with Crippen LogP contribution >= 0.6 is 0 Å². The van der Waals surface area contributed by atoms with Gasteiger partial charge in [0, 0.05) is 31.7 Å². The number of piperidine rings is 1. The van der Waals surface area contributed by atoms with E-state index in [-0.39, 0.29) is 6.04 Å². The van der Waals surface area contributed by atoms with Crippen LogP contribution in [0.4, 0.5) is 0 Å². The third-order valence-electron chi connectivity index (χ3n) is 6.07. The monoisotopic (exact) mass is 410 g/mol. The highest BCUT2D eigenvalue weighted by Gasteiger charge is 2.29. The molecule has 2 aliphatic heterocycles. The summed E-state index contributed by atoms with van der Waals surface area (Å²) in [4.78, 5) is 0. The van der Waals surface area contributed by atoms with Crippen molar-refractivity contribution >= 4 is 0 Å². The number of nitrogens with one attached hydrogen (secondary N) is 2. The summed E-state index contributed by atoms with van der Waals surface area (Å²) in [5.74, 6) is 0.541. The third-order valence-corrected chi connectivity index (χ3v) is 6.07. The fourth-order valence-corrected chi connectivity index (χ4v) is 4.43. The fraction of sp³-hybridized carbons (Fsp3) is 0.542. The smallest absolute Gasteiger partial charge is 0.205 e. The maximum absolute atomic E-state index is 9.69. The number of unbranched alkanes of at least 4 members (excludes halogenated alkanes) is 1. The van der Waals surface area contributed by atoms with Gasteiger partial charge in [0.1, 0.15) is 11.6 Å². The molecule has 6 heteroatoms. The van der Waals surface area contributed by atoms with E-state index < -0.39 is 0 Å². The van der Waals surface area contributed by atoms with Crippen LogP contribution in [-0.4, -0.2) is 49.1 Å². The van der Waals surface area contributed by atoms with Gasteiger partial charge in [0.2, 0.25) is 5.88 Å². The lowest BCUT2D eigenvalue weighted by Gasteiger charge is -2.36. The van der Waals surface area contributed by atoms with Crippen molar-refractivity contribution in [1.82, 2.24) is 15.7 Å². The van der Waals surface area contributed by atoms with E-state index in [0.29, 0.717) is 37.1 Å². The first-order valence-electron chi connectivity index (χ1n) is 11.0. The highest BCUT2D eigenvalue weighted by molar-refractivity contribution is 5.56. The molecule has 2 heterocycles. The molecule has 0 amide bonds. The number of allylic oxidation sites excluding steroid dienone is 5. The molecule has 1 saturated heterocycles. The summed E-state index contributed by atoms with van der Waals surface area (Å²) in [5, 5.41) is 27.7. The molecule has 0 aromatic carbocycles. The quantitative estimate of drug-likeness (QED) is 0.619. The van der Waals surface area contributed by atoms with E-state index in [2.05, 4.69) is 48.8 Å². The Morgan fingerprint density at radius 3 is 2.73 bits per heavy atom. The van der Waals surface area contributed by atoms with Gasteiger partial charge in [-0.05, 0) is 61.0 Å². The summed E-state index contributed by atoms with van der Waals surface area (Å²) in [6.45, 7) is 6.38. The van der Waals surface area contributed by atoms with Crippen LogP contribution in [-0.2, 0) is 4.74 Å². The maximum atomic E-state index is 9.69. The van der Waals surface area contributed by atoms with Gasteiger partial charge in [-0.15, -0.1) is 0 Å². The van der Waals surface area contributed by atoms with Gasteiger partial charge in [-0.3, -0.25) is 0 Å². The lowest BCUT2D eigenvalue weighted by molar-refractivity contribution is -0.108. The first-order valence-corrected chi connectivity index (χ1v) is 11.0. The van der Waals surface area contributed by atoms with E-state index in [4.69, 9.17) is 4.74 Å². The van der Waals surface area contributed by atoms with E-state index >= 15 is 0 Å². The predicted octanol–water partition coefficient (Wildman–Crippen LogP) is 3.71. The molecule has 3 aliphatic rings. The Morgan fingerprint density at radius 2 is 2.10 bits per heavy atom.